The number of aliphatic hydroxyl groups excluding tert-OH is 1. The average molecular weight is 811 g/mol. The van der Waals surface area contributed by atoms with Crippen LogP contribution in [0.1, 0.15) is 52.1 Å². The van der Waals surface area contributed by atoms with Crippen LogP contribution in [0.25, 0.3) is 0 Å². The van der Waals surface area contributed by atoms with E-state index in [4.69, 9.17) is 25.8 Å². The number of carbonyl (C=O) groups is 4. The van der Waals surface area contributed by atoms with Crippen LogP contribution >= 0.6 is 11.6 Å². The molecule has 0 unspecified atom stereocenters. The second-order valence-electron chi connectivity index (χ2n) is 14.3. The number of benzene rings is 4. The summed E-state index contributed by atoms with van der Waals surface area (Å²) in [7, 11) is 1.82. The molecule has 2 N–H and O–H groups in total. The maximum absolute atomic E-state index is 13.6. The summed E-state index contributed by atoms with van der Waals surface area (Å²) in [5.41, 5.74) is 2.25. The Balaban J connectivity index is 1.10. The summed E-state index contributed by atoms with van der Waals surface area (Å²) in [6.45, 7) is 4.79. The number of non-ortho nitro benzene ring substituents is 1. The van der Waals surface area contributed by atoms with E-state index >= 15 is 0 Å². The van der Waals surface area contributed by atoms with Gasteiger partial charge in [-0.1, -0.05) is 79.2 Å². The molecule has 1 saturated heterocycles. The van der Waals surface area contributed by atoms with Crippen molar-refractivity contribution in [2.24, 2.45) is 11.8 Å². The van der Waals surface area contributed by atoms with Crippen LogP contribution in [0.15, 0.2) is 108 Å². The molecule has 4 aromatic carbocycles. The van der Waals surface area contributed by atoms with E-state index in [2.05, 4.69) is 5.32 Å². The minimum atomic E-state index is -1.04. The fourth-order valence-corrected chi connectivity index (χ4v) is 7.49. The summed E-state index contributed by atoms with van der Waals surface area (Å²) in [6.07, 6.45) is -0.466. The minimum Gasteiger partial charge on any atom is -0.485 e. The van der Waals surface area contributed by atoms with Gasteiger partial charge >= 0.3 is 11.9 Å². The number of β-lactam (4-membered cyclic amide) rings is 1. The number of ether oxygens (including phenoxy) is 3. The molecule has 14 nitrogen and oxygen atoms in total. The quantitative estimate of drug-likeness (QED) is 0.0322. The molecule has 4 aromatic rings. The number of amides is 2. The first-order chi connectivity index (χ1) is 27.8. The van der Waals surface area contributed by atoms with Crippen molar-refractivity contribution in [2.75, 3.05) is 26.7 Å². The molecule has 1 fully saturated rings. The lowest BCUT2D eigenvalue weighted by Crippen LogP contribution is -2.63. The summed E-state index contributed by atoms with van der Waals surface area (Å²) in [4.78, 5) is 66.6. The lowest BCUT2D eigenvalue weighted by Gasteiger charge is -2.46. The maximum Gasteiger partial charge on any atom is 0.362 e. The molecule has 2 amide bonds. The Labute approximate surface area is 340 Å². The van der Waals surface area contributed by atoms with Crippen LogP contribution < -0.4 is 14.8 Å². The lowest BCUT2D eigenvalue weighted by atomic mass is 9.77. The summed E-state index contributed by atoms with van der Waals surface area (Å²) in [6, 6.07) is 26.5. The molecule has 58 heavy (non-hydrogen) atoms. The van der Waals surface area contributed by atoms with E-state index < -0.39 is 46.7 Å². The predicted octanol–water partition coefficient (Wildman–Crippen LogP) is 5.95. The molecular formula is C43H43ClN4O10. The second kappa shape index (κ2) is 18.4. The third-order valence-corrected chi connectivity index (χ3v) is 10.6. The van der Waals surface area contributed by atoms with E-state index in [0.717, 1.165) is 23.3 Å². The van der Waals surface area contributed by atoms with Crippen LogP contribution in [0.3, 0.4) is 0 Å². The van der Waals surface area contributed by atoms with Gasteiger partial charge in [0.05, 0.1) is 39.1 Å². The van der Waals surface area contributed by atoms with Gasteiger partial charge in [-0.3, -0.25) is 19.7 Å². The van der Waals surface area contributed by atoms with Crippen molar-refractivity contribution in [1.29, 1.82) is 0 Å². The van der Waals surface area contributed by atoms with Crippen LogP contribution in [0, 0.1) is 22.0 Å². The van der Waals surface area contributed by atoms with E-state index in [1.807, 2.05) is 79.5 Å². The zero-order valence-corrected chi connectivity index (χ0v) is 32.9. The number of aliphatic hydroxyl groups is 1. The van der Waals surface area contributed by atoms with Gasteiger partial charge in [0.2, 0.25) is 5.91 Å². The Bertz CT molecular complexity index is 2200. The standard InChI is InChI=1S/C43H43ClN4O10/c1-26-33(38(47-37(26)35(27(2)49)41(47)51)43(53)58-42(52)30-15-17-31(18-16-30)48(54)55)23-46(3)22-10-21-45-40(50)32-19-20-34(56-24-28-11-6-4-7-12-28)39(36(32)44)57-25-29-13-8-5-9-14-29/h4-9,11-20,26-27,35,37,49H,10,21-25H2,1-3H3,(H,45,50)/t26-,27+,35+,37+/m0/s1. The first kappa shape index (κ1) is 41.5. The molecule has 302 valence electrons. The minimum absolute atomic E-state index is 0.0639. The number of nitro groups is 1. The van der Waals surface area contributed by atoms with Crippen LogP contribution in [0.4, 0.5) is 5.69 Å². The summed E-state index contributed by atoms with van der Waals surface area (Å²) in [5.74, 6) is -3.37. The molecule has 0 aromatic heterocycles. The number of hydrogen-bond acceptors (Lipinski definition) is 11. The number of likely N-dealkylation sites (N-methyl/N-ethyl adjacent to an activating group) is 1. The Morgan fingerprint density at radius 1 is 0.931 bits per heavy atom. The van der Waals surface area contributed by atoms with Gasteiger partial charge in [0.25, 0.3) is 11.6 Å². The normalized spacial score (nSPS) is 17.7. The molecule has 2 aliphatic heterocycles. The molecule has 0 radical (unpaired) electrons. The average Bonchev–Trinajstić information content (AvgIpc) is 3.45. The smallest absolute Gasteiger partial charge is 0.362 e. The summed E-state index contributed by atoms with van der Waals surface area (Å²) >= 11 is 6.81. The van der Waals surface area contributed by atoms with Crippen molar-refractivity contribution in [3.8, 4) is 11.5 Å². The molecule has 15 heteroatoms. The molecule has 2 heterocycles. The zero-order valence-electron chi connectivity index (χ0n) is 32.1. The van der Waals surface area contributed by atoms with Crippen molar-refractivity contribution in [3.05, 3.63) is 146 Å². The highest BCUT2D eigenvalue weighted by molar-refractivity contribution is 6.35. The predicted molar refractivity (Wildman–Crippen MR) is 213 cm³/mol. The van der Waals surface area contributed by atoms with Crippen LogP contribution in [-0.2, 0) is 27.5 Å². The van der Waals surface area contributed by atoms with Gasteiger partial charge in [0.1, 0.15) is 18.9 Å². The first-order valence-electron chi connectivity index (χ1n) is 18.7. The molecule has 0 saturated carbocycles. The van der Waals surface area contributed by atoms with E-state index in [-0.39, 0.29) is 65.5 Å². The number of halogens is 1. The Morgan fingerprint density at radius 2 is 1.55 bits per heavy atom. The molecule has 4 atom stereocenters. The van der Waals surface area contributed by atoms with Crippen molar-refractivity contribution < 1.29 is 43.4 Å². The van der Waals surface area contributed by atoms with Gasteiger partial charge in [0.15, 0.2) is 11.5 Å². The number of nitrogens with zero attached hydrogens (tertiary/aromatic N) is 3. The number of rotatable bonds is 17. The zero-order chi connectivity index (χ0) is 41.5. The van der Waals surface area contributed by atoms with E-state index in [1.165, 1.54) is 24.0 Å². The van der Waals surface area contributed by atoms with Crippen LogP contribution in [-0.4, -0.2) is 82.4 Å². The monoisotopic (exact) mass is 810 g/mol. The number of esters is 2. The molecule has 0 aliphatic carbocycles. The molecule has 0 bridgehead atoms. The van der Waals surface area contributed by atoms with Crippen molar-refractivity contribution in [1.82, 2.24) is 15.1 Å². The Kier molecular flexibility index (Phi) is 13.2. The van der Waals surface area contributed by atoms with Crippen LogP contribution in [0.5, 0.6) is 11.5 Å². The largest absolute Gasteiger partial charge is 0.485 e. The van der Waals surface area contributed by atoms with Gasteiger partial charge in [-0.25, -0.2) is 9.59 Å². The molecule has 6 rings (SSSR count). The van der Waals surface area contributed by atoms with E-state index in [1.54, 1.807) is 12.1 Å². The van der Waals surface area contributed by atoms with E-state index in [9.17, 15) is 34.4 Å². The molecule has 0 spiro atoms. The molecular weight excluding hydrogens is 768 g/mol. The van der Waals surface area contributed by atoms with Gasteiger partial charge < -0.3 is 34.4 Å². The number of nitro benzene ring substituents is 1. The number of hydrogen-bond donors (Lipinski definition) is 2. The third-order valence-electron chi connectivity index (χ3n) is 10.2. The van der Waals surface area contributed by atoms with Gasteiger partial charge in [-0.15, -0.1) is 0 Å². The van der Waals surface area contributed by atoms with Crippen molar-refractivity contribution in [2.45, 2.75) is 45.6 Å². The highest BCUT2D eigenvalue weighted by Crippen LogP contribution is 2.47. The van der Waals surface area contributed by atoms with Crippen molar-refractivity contribution >= 4 is 41.0 Å². The lowest BCUT2D eigenvalue weighted by molar-refractivity contribution is -0.384. The Morgan fingerprint density at radius 3 is 2.16 bits per heavy atom. The van der Waals surface area contributed by atoms with E-state index in [0.29, 0.717) is 24.3 Å². The van der Waals surface area contributed by atoms with Gasteiger partial charge in [-0.2, -0.15) is 0 Å². The topological polar surface area (TPSA) is 178 Å². The summed E-state index contributed by atoms with van der Waals surface area (Å²) in [5, 5.41) is 24.4. The molecule has 2 aliphatic rings. The van der Waals surface area contributed by atoms with Crippen molar-refractivity contribution in [3.63, 3.8) is 0 Å². The highest BCUT2D eigenvalue weighted by Gasteiger charge is 2.60. The number of carbonyl (C=O) groups excluding carboxylic acids is 4. The SMILES string of the molecule is C[C@@H](O)[C@H]1C(=O)N2C(C(=O)OC(=O)c3ccc([N+](=O)[O-])cc3)=C(CN(C)CCCNC(=O)c3ccc(OCc4ccccc4)c(OCc4ccccc4)c3Cl)[C@H](C)[C@H]12. The summed E-state index contributed by atoms with van der Waals surface area (Å²) < 4.78 is 17.4. The maximum atomic E-state index is 13.6. The first-order valence-corrected chi connectivity index (χ1v) is 19.1. The van der Waals surface area contributed by atoms with Gasteiger partial charge in [0, 0.05) is 31.1 Å². The fourth-order valence-electron chi connectivity index (χ4n) is 7.20. The fraction of sp³-hybridized carbons (Fsp3) is 0.302. The number of nitrogens with one attached hydrogen (secondary N) is 1. The Hall–Kier alpha value is -6.09. The number of fused-ring (bicyclic) bond motifs is 1. The van der Waals surface area contributed by atoms with Gasteiger partial charge in [-0.05, 0) is 67.9 Å². The second-order valence-corrected chi connectivity index (χ2v) is 14.6. The third kappa shape index (κ3) is 9.20. The van der Waals surface area contributed by atoms with Crippen LogP contribution in [0.2, 0.25) is 5.02 Å². The highest BCUT2D eigenvalue weighted by atomic mass is 35.5.